The zero-order valence-electron chi connectivity index (χ0n) is 12.2. The minimum atomic E-state index is -0.404. The van der Waals surface area contributed by atoms with E-state index >= 15 is 0 Å². The van der Waals surface area contributed by atoms with Gasteiger partial charge in [0.05, 0.1) is 5.56 Å². The van der Waals surface area contributed by atoms with Crippen LogP contribution in [0.5, 0.6) is 0 Å². The molecule has 0 amide bonds. The molecule has 0 radical (unpaired) electrons. The van der Waals surface area contributed by atoms with Crippen molar-refractivity contribution < 1.29 is 0 Å². The van der Waals surface area contributed by atoms with Crippen LogP contribution in [-0.2, 0) is 7.05 Å². The van der Waals surface area contributed by atoms with E-state index in [9.17, 15) is 9.59 Å². The van der Waals surface area contributed by atoms with Gasteiger partial charge in [-0.15, -0.1) is 0 Å². The maximum Gasteiger partial charge on any atom is 0.328 e. The topological polar surface area (TPSA) is 54.9 Å². The highest BCUT2D eigenvalue weighted by molar-refractivity contribution is 5.48. The van der Waals surface area contributed by atoms with Gasteiger partial charge in [0.15, 0.2) is 0 Å². The molecule has 4 nitrogen and oxygen atoms in total. The summed E-state index contributed by atoms with van der Waals surface area (Å²) in [6, 6.07) is 0. The summed E-state index contributed by atoms with van der Waals surface area (Å²) in [5.41, 5.74) is -0.308. The molecule has 1 N–H and O–H groups in total. The summed E-state index contributed by atoms with van der Waals surface area (Å²) in [5.74, 6) is 0. The molecule has 1 aromatic rings. The summed E-state index contributed by atoms with van der Waals surface area (Å²) in [4.78, 5) is 24.4. The van der Waals surface area contributed by atoms with E-state index in [0.717, 1.165) is 0 Å². The lowest BCUT2D eigenvalue weighted by molar-refractivity contribution is 0.796. The van der Waals surface area contributed by atoms with Crippen molar-refractivity contribution in [1.29, 1.82) is 0 Å². The number of rotatable bonds is 2. The van der Waals surface area contributed by atoms with Gasteiger partial charge in [-0.2, -0.15) is 0 Å². The summed E-state index contributed by atoms with van der Waals surface area (Å²) in [6.45, 7) is 9.88. The minimum absolute atomic E-state index is 0.367. The molecule has 1 aromatic heterocycles. The van der Waals surface area contributed by atoms with Crippen molar-refractivity contribution in [1.82, 2.24) is 9.55 Å². The van der Waals surface area contributed by atoms with Crippen molar-refractivity contribution in [3.05, 3.63) is 50.8 Å². The molecule has 0 unspecified atom stereocenters. The van der Waals surface area contributed by atoms with Crippen LogP contribution in [0, 0.1) is 0 Å². The summed E-state index contributed by atoms with van der Waals surface area (Å²) >= 11 is 0. The predicted octanol–water partition coefficient (Wildman–Crippen LogP) is 2.72. The standard InChI is InChI=1S/C10H12N2O2.2C2H6/c1-3-4-5-6-8-7-12(2)10(14)11-9(8)13;2*1-2/h3-7H,1-2H3,(H,11,13,14);2*1-2H3/b4-3+,6-5+;;. The highest BCUT2D eigenvalue weighted by Crippen LogP contribution is 1.91. The Morgan fingerprint density at radius 1 is 1.11 bits per heavy atom. The van der Waals surface area contributed by atoms with E-state index in [0.29, 0.717) is 5.56 Å². The normalized spacial score (nSPS) is 9.67. The van der Waals surface area contributed by atoms with Crippen LogP contribution in [0.3, 0.4) is 0 Å². The van der Waals surface area contributed by atoms with E-state index in [1.165, 1.54) is 10.8 Å². The fourth-order valence-corrected chi connectivity index (χ4v) is 0.972. The Bertz CT molecular complexity index is 479. The lowest BCUT2D eigenvalue weighted by Gasteiger charge is -1.96. The Hall–Kier alpha value is -1.84. The van der Waals surface area contributed by atoms with Crippen molar-refractivity contribution in [3.63, 3.8) is 0 Å². The number of aryl methyl sites for hydroxylation is 1. The fourth-order valence-electron chi connectivity index (χ4n) is 0.972. The summed E-state index contributed by atoms with van der Waals surface area (Å²) in [7, 11) is 1.59. The minimum Gasteiger partial charge on any atom is -0.303 e. The number of aromatic amines is 1. The predicted molar refractivity (Wildman–Crippen MR) is 78.8 cm³/mol. The Morgan fingerprint density at radius 3 is 2.17 bits per heavy atom. The fraction of sp³-hybridized carbons (Fsp3) is 0.429. The smallest absolute Gasteiger partial charge is 0.303 e. The summed E-state index contributed by atoms with van der Waals surface area (Å²) in [6.07, 6.45) is 8.56. The molecule has 0 saturated carbocycles. The van der Waals surface area contributed by atoms with Crippen LogP contribution in [-0.4, -0.2) is 9.55 Å². The number of allylic oxidation sites excluding steroid dienone is 3. The van der Waals surface area contributed by atoms with Crippen molar-refractivity contribution in [2.45, 2.75) is 34.6 Å². The van der Waals surface area contributed by atoms with Gasteiger partial charge in [0.25, 0.3) is 5.56 Å². The number of hydrogen-bond acceptors (Lipinski definition) is 2. The molecular formula is C14H24N2O2. The number of H-pyrrole nitrogens is 1. The van der Waals surface area contributed by atoms with Gasteiger partial charge in [0.1, 0.15) is 0 Å². The van der Waals surface area contributed by atoms with Crippen LogP contribution >= 0.6 is 0 Å². The Morgan fingerprint density at radius 2 is 1.67 bits per heavy atom. The Kier molecular flexibility index (Phi) is 12.0. The van der Waals surface area contributed by atoms with Crippen LogP contribution in [0.2, 0.25) is 0 Å². The number of hydrogen-bond donors (Lipinski definition) is 1. The van der Waals surface area contributed by atoms with Crippen LogP contribution in [0.4, 0.5) is 0 Å². The SMILES string of the molecule is C/C=C/C=C/c1cn(C)c(=O)[nH]c1=O.CC.CC. The average molecular weight is 252 g/mol. The first-order chi connectivity index (χ1) is 8.65. The quantitative estimate of drug-likeness (QED) is 0.823. The first kappa shape index (κ1) is 18.5. The lowest BCUT2D eigenvalue weighted by Crippen LogP contribution is -2.28. The number of nitrogens with zero attached hydrogens (tertiary/aromatic N) is 1. The highest BCUT2D eigenvalue weighted by atomic mass is 16.2. The Balaban J connectivity index is 0. The van der Waals surface area contributed by atoms with Gasteiger partial charge in [0.2, 0.25) is 0 Å². The maximum atomic E-state index is 11.2. The summed E-state index contributed by atoms with van der Waals surface area (Å²) in [5, 5.41) is 0. The molecule has 0 aromatic carbocycles. The van der Waals surface area contributed by atoms with Crippen LogP contribution in [0.25, 0.3) is 6.08 Å². The second-order valence-electron chi connectivity index (χ2n) is 2.84. The molecule has 1 rings (SSSR count). The molecule has 0 bridgehead atoms. The molecule has 0 saturated heterocycles. The molecule has 18 heavy (non-hydrogen) atoms. The van der Waals surface area contributed by atoms with E-state index in [1.807, 2.05) is 46.8 Å². The van der Waals surface area contributed by atoms with Gasteiger partial charge < -0.3 is 4.57 Å². The molecule has 0 atom stereocenters. The molecule has 1 heterocycles. The zero-order chi connectivity index (χ0) is 14.6. The molecule has 0 aliphatic rings. The third kappa shape index (κ3) is 6.68. The molecular weight excluding hydrogens is 228 g/mol. The first-order valence-electron chi connectivity index (χ1n) is 6.24. The van der Waals surface area contributed by atoms with Crippen molar-refractivity contribution in [2.24, 2.45) is 7.05 Å². The van der Waals surface area contributed by atoms with E-state index in [2.05, 4.69) is 4.98 Å². The number of nitrogens with one attached hydrogen (secondary N) is 1. The van der Waals surface area contributed by atoms with Gasteiger partial charge in [-0.1, -0.05) is 45.9 Å². The zero-order valence-corrected chi connectivity index (χ0v) is 12.2. The maximum absolute atomic E-state index is 11.2. The van der Waals surface area contributed by atoms with Gasteiger partial charge in [-0.3, -0.25) is 9.78 Å². The Labute approximate surface area is 109 Å². The highest BCUT2D eigenvalue weighted by Gasteiger charge is 1.96. The van der Waals surface area contributed by atoms with E-state index < -0.39 is 5.69 Å². The van der Waals surface area contributed by atoms with Crippen LogP contribution in [0.1, 0.15) is 40.2 Å². The molecule has 0 aliphatic heterocycles. The average Bonchev–Trinajstić information content (AvgIpc) is 2.40. The van der Waals surface area contributed by atoms with Gasteiger partial charge in [-0.05, 0) is 13.0 Å². The van der Waals surface area contributed by atoms with Crippen molar-refractivity contribution >= 4 is 6.08 Å². The lowest BCUT2D eigenvalue weighted by atomic mass is 10.3. The third-order valence-electron chi connectivity index (χ3n) is 1.72. The van der Waals surface area contributed by atoms with E-state index in [4.69, 9.17) is 0 Å². The van der Waals surface area contributed by atoms with Crippen LogP contribution < -0.4 is 11.2 Å². The van der Waals surface area contributed by atoms with Crippen molar-refractivity contribution in [2.75, 3.05) is 0 Å². The van der Waals surface area contributed by atoms with Gasteiger partial charge in [0, 0.05) is 13.2 Å². The second kappa shape index (κ2) is 11.6. The van der Waals surface area contributed by atoms with Gasteiger partial charge in [-0.25, -0.2) is 4.79 Å². The molecule has 4 heteroatoms. The molecule has 0 fully saturated rings. The van der Waals surface area contributed by atoms with Crippen molar-refractivity contribution in [3.8, 4) is 0 Å². The number of aromatic nitrogens is 2. The van der Waals surface area contributed by atoms with Gasteiger partial charge >= 0.3 is 5.69 Å². The second-order valence-corrected chi connectivity index (χ2v) is 2.84. The van der Waals surface area contributed by atoms with E-state index in [1.54, 1.807) is 19.2 Å². The largest absolute Gasteiger partial charge is 0.328 e. The molecule has 0 spiro atoms. The molecule has 0 aliphatic carbocycles. The van der Waals surface area contributed by atoms with Crippen LogP contribution in [0.15, 0.2) is 34.0 Å². The monoisotopic (exact) mass is 252 g/mol. The first-order valence-corrected chi connectivity index (χ1v) is 6.24. The third-order valence-corrected chi connectivity index (χ3v) is 1.72. The van der Waals surface area contributed by atoms with E-state index in [-0.39, 0.29) is 5.56 Å². The summed E-state index contributed by atoms with van der Waals surface area (Å²) < 4.78 is 1.33. The molecule has 102 valence electrons.